The molecule has 0 aliphatic carbocycles. The van der Waals surface area contributed by atoms with Gasteiger partial charge in [-0.1, -0.05) is 6.92 Å². The van der Waals surface area contributed by atoms with E-state index >= 15 is 0 Å². The fourth-order valence-electron chi connectivity index (χ4n) is 2.17. The molecule has 7 heteroatoms. The average molecular weight is 288 g/mol. The van der Waals surface area contributed by atoms with E-state index in [2.05, 4.69) is 26.2 Å². The van der Waals surface area contributed by atoms with E-state index in [1.165, 1.54) is 0 Å². The van der Waals surface area contributed by atoms with E-state index in [-0.39, 0.29) is 11.9 Å². The number of tetrazole rings is 1. The predicted octanol–water partition coefficient (Wildman–Crippen LogP) is 1.30. The summed E-state index contributed by atoms with van der Waals surface area (Å²) in [7, 11) is 0. The number of nitrogens with one attached hydrogen (secondary N) is 2. The van der Waals surface area contributed by atoms with Crippen molar-refractivity contribution in [1.29, 1.82) is 0 Å². The number of rotatable bonds is 6. The van der Waals surface area contributed by atoms with Gasteiger partial charge in [0.1, 0.15) is 6.33 Å². The predicted molar refractivity (Wildman–Crippen MR) is 80.3 cm³/mol. The van der Waals surface area contributed by atoms with Gasteiger partial charge in [-0.25, -0.2) is 4.68 Å². The highest BCUT2D eigenvalue weighted by Crippen LogP contribution is 2.18. The summed E-state index contributed by atoms with van der Waals surface area (Å²) < 4.78 is 1.59. The lowest BCUT2D eigenvalue weighted by molar-refractivity contribution is -0.116. The summed E-state index contributed by atoms with van der Waals surface area (Å²) in [6.07, 6.45) is 1.99. The lowest BCUT2D eigenvalue weighted by Gasteiger charge is -2.13. The number of benzene rings is 1. The molecule has 2 aromatic rings. The molecule has 1 aromatic heterocycles. The van der Waals surface area contributed by atoms with Crippen LogP contribution in [-0.4, -0.2) is 38.7 Å². The van der Waals surface area contributed by atoms with E-state index in [0.717, 1.165) is 23.5 Å². The third-order valence-corrected chi connectivity index (χ3v) is 3.12. The van der Waals surface area contributed by atoms with Gasteiger partial charge in [0.2, 0.25) is 5.91 Å². The van der Waals surface area contributed by atoms with Gasteiger partial charge in [-0.15, -0.1) is 5.10 Å². The number of nitrogens with zero attached hydrogens (tertiary/aromatic N) is 4. The highest BCUT2D eigenvalue weighted by Gasteiger charge is 2.09. The Bertz CT molecular complexity index is 596. The summed E-state index contributed by atoms with van der Waals surface area (Å²) in [6.45, 7) is 6.83. The Hall–Kier alpha value is -2.28. The molecule has 0 spiro atoms. The Labute approximate surface area is 123 Å². The maximum Gasteiger partial charge on any atom is 0.225 e. The molecule has 0 aliphatic heterocycles. The van der Waals surface area contributed by atoms with Gasteiger partial charge in [0.15, 0.2) is 0 Å². The molecule has 1 atom stereocenters. The zero-order chi connectivity index (χ0) is 15.2. The summed E-state index contributed by atoms with van der Waals surface area (Å²) in [5.41, 5.74) is 2.65. The van der Waals surface area contributed by atoms with Gasteiger partial charge in [0, 0.05) is 18.2 Å². The minimum absolute atomic E-state index is 0.00183. The van der Waals surface area contributed by atoms with E-state index in [1.807, 2.05) is 39.0 Å². The first kappa shape index (κ1) is 15.1. The van der Waals surface area contributed by atoms with Gasteiger partial charge in [0.25, 0.3) is 0 Å². The van der Waals surface area contributed by atoms with Crippen molar-refractivity contribution in [2.24, 2.45) is 0 Å². The van der Waals surface area contributed by atoms with E-state index in [0.29, 0.717) is 6.42 Å². The molecule has 0 saturated carbocycles. The fourth-order valence-corrected chi connectivity index (χ4v) is 2.17. The third-order valence-electron chi connectivity index (χ3n) is 3.12. The number of carbonyl (C=O) groups is 1. The molecule has 21 heavy (non-hydrogen) atoms. The SMILES string of the molecule is CCNC(C)CC(=O)Nc1ccc(-n2cnnn2)c(C)c1. The fraction of sp³-hybridized carbons (Fsp3) is 0.429. The quantitative estimate of drug-likeness (QED) is 0.837. The average Bonchev–Trinajstić information content (AvgIpc) is 2.92. The lowest BCUT2D eigenvalue weighted by Crippen LogP contribution is -2.30. The molecule has 0 bridgehead atoms. The number of amides is 1. The minimum Gasteiger partial charge on any atom is -0.326 e. The molecular weight excluding hydrogens is 268 g/mol. The smallest absolute Gasteiger partial charge is 0.225 e. The van der Waals surface area contributed by atoms with Crippen molar-refractivity contribution in [3.05, 3.63) is 30.1 Å². The molecule has 7 nitrogen and oxygen atoms in total. The Kier molecular flexibility index (Phi) is 4.99. The van der Waals surface area contributed by atoms with Crippen molar-refractivity contribution in [3.63, 3.8) is 0 Å². The van der Waals surface area contributed by atoms with Crippen LogP contribution >= 0.6 is 0 Å². The first-order chi connectivity index (χ1) is 10.1. The molecule has 1 unspecified atom stereocenters. The van der Waals surface area contributed by atoms with Crippen LogP contribution in [0.2, 0.25) is 0 Å². The van der Waals surface area contributed by atoms with E-state index in [1.54, 1.807) is 11.0 Å². The van der Waals surface area contributed by atoms with Crippen LogP contribution in [0, 0.1) is 6.92 Å². The minimum atomic E-state index is -0.00183. The van der Waals surface area contributed by atoms with Crippen molar-refractivity contribution in [3.8, 4) is 5.69 Å². The summed E-state index contributed by atoms with van der Waals surface area (Å²) in [5.74, 6) is -0.00183. The maximum atomic E-state index is 11.9. The van der Waals surface area contributed by atoms with Crippen LogP contribution in [0.25, 0.3) is 5.69 Å². The van der Waals surface area contributed by atoms with E-state index < -0.39 is 0 Å². The van der Waals surface area contributed by atoms with Gasteiger partial charge in [-0.05, 0) is 54.6 Å². The molecule has 0 fully saturated rings. The molecule has 0 radical (unpaired) electrons. The Morgan fingerprint density at radius 1 is 1.43 bits per heavy atom. The van der Waals surface area contributed by atoms with Crippen LogP contribution < -0.4 is 10.6 Å². The Balaban J connectivity index is 2.02. The summed E-state index contributed by atoms with van der Waals surface area (Å²) in [6, 6.07) is 5.80. The van der Waals surface area contributed by atoms with Crippen molar-refractivity contribution in [2.45, 2.75) is 33.2 Å². The van der Waals surface area contributed by atoms with Gasteiger partial charge in [0.05, 0.1) is 5.69 Å². The van der Waals surface area contributed by atoms with E-state index in [9.17, 15) is 4.79 Å². The molecule has 1 amide bonds. The largest absolute Gasteiger partial charge is 0.326 e. The van der Waals surface area contributed by atoms with Crippen LogP contribution in [0.15, 0.2) is 24.5 Å². The first-order valence-electron chi connectivity index (χ1n) is 6.97. The van der Waals surface area contributed by atoms with E-state index in [4.69, 9.17) is 0 Å². The van der Waals surface area contributed by atoms with Gasteiger partial charge < -0.3 is 10.6 Å². The van der Waals surface area contributed by atoms with Crippen LogP contribution in [0.5, 0.6) is 0 Å². The van der Waals surface area contributed by atoms with Gasteiger partial charge in [-0.2, -0.15) is 0 Å². The molecule has 1 aromatic carbocycles. The topological polar surface area (TPSA) is 84.7 Å². The van der Waals surface area contributed by atoms with Gasteiger partial charge in [-0.3, -0.25) is 4.79 Å². The van der Waals surface area contributed by atoms with Crippen LogP contribution in [0.1, 0.15) is 25.8 Å². The van der Waals surface area contributed by atoms with Crippen molar-refractivity contribution in [2.75, 3.05) is 11.9 Å². The van der Waals surface area contributed by atoms with Crippen molar-refractivity contribution < 1.29 is 4.79 Å². The molecule has 0 aliphatic rings. The third kappa shape index (κ3) is 4.09. The second kappa shape index (κ2) is 6.94. The molecule has 2 rings (SSSR count). The zero-order valence-electron chi connectivity index (χ0n) is 12.5. The Morgan fingerprint density at radius 2 is 2.24 bits per heavy atom. The number of aryl methyl sites for hydroxylation is 1. The number of aromatic nitrogens is 4. The zero-order valence-corrected chi connectivity index (χ0v) is 12.5. The Morgan fingerprint density at radius 3 is 2.86 bits per heavy atom. The second-order valence-electron chi connectivity index (χ2n) is 4.97. The maximum absolute atomic E-state index is 11.9. The molecule has 0 saturated heterocycles. The van der Waals surface area contributed by atoms with Crippen molar-refractivity contribution >= 4 is 11.6 Å². The van der Waals surface area contributed by atoms with Crippen molar-refractivity contribution in [1.82, 2.24) is 25.5 Å². The highest BCUT2D eigenvalue weighted by atomic mass is 16.1. The monoisotopic (exact) mass is 288 g/mol. The number of hydrogen-bond acceptors (Lipinski definition) is 5. The number of carbonyl (C=O) groups excluding carboxylic acids is 1. The van der Waals surface area contributed by atoms with Gasteiger partial charge >= 0.3 is 0 Å². The second-order valence-corrected chi connectivity index (χ2v) is 4.97. The summed E-state index contributed by atoms with van der Waals surface area (Å²) >= 11 is 0. The van der Waals surface area contributed by atoms with Crippen LogP contribution in [0.4, 0.5) is 5.69 Å². The number of anilines is 1. The summed E-state index contributed by atoms with van der Waals surface area (Å²) in [4.78, 5) is 11.9. The lowest BCUT2D eigenvalue weighted by atomic mass is 10.1. The highest BCUT2D eigenvalue weighted by molar-refractivity contribution is 5.91. The molecule has 112 valence electrons. The van der Waals surface area contributed by atoms with Crippen LogP contribution in [-0.2, 0) is 4.79 Å². The summed E-state index contributed by atoms with van der Waals surface area (Å²) in [5, 5.41) is 17.2. The standard InChI is InChI=1S/C14H20N6O/c1-4-15-11(3)8-14(21)17-12-5-6-13(10(2)7-12)20-9-16-18-19-20/h5-7,9,11,15H,4,8H2,1-3H3,(H,17,21). The van der Waals surface area contributed by atoms with Crippen LogP contribution in [0.3, 0.4) is 0 Å². The number of hydrogen-bond donors (Lipinski definition) is 2. The first-order valence-corrected chi connectivity index (χ1v) is 6.97. The normalized spacial score (nSPS) is 12.1. The molecule has 1 heterocycles. The molecule has 2 N–H and O–H groups in total. The molecular formula is C14H20N6O.